The van der Waals surface area contributed by atoms with E-state index in [0.29, 0.717) is 17.6 Å². The van der Waals surface area contributed by atoms with Crippen molar-refractivity contribution in [1.82, 2.24) is 19.5 Å². The van der Waals surface area contributed by atoms with Gasteiger partial charge in [0.05, 0.1) is 25.2 Å². The molecule has 0 aromatic carbocycles. The van der Waals surface area contributed by atoms with Gasteiger partial charge in [0.1, 0.15) is 24.2 Å². The van der Waals surface area contributed by atoms with E-state index in [1.54, 1.807) is 17.1 Å². The lowest BCUT2D eigenvalue weighted by molar-refractivity contribution is -0.0493. The predicted molar refractivity (Wildman–Crippen MR) is 76.3 cm³/mol. The van der Waals surface area contributed by atoms with Gasteiger partial charge in [-0.3, -0.25) is 9.13 Å². The quantitative estimate of drug-likeness (QED) is 0.809. The first-order valence-electron chi connectivity index (χ1n) is 6.73. The van der Waals surface area contributed by atoms with E-state index in [2.05, 4.69) is 15.0 Å². The molecule has 3 heterocycles. The molecule has 2 aromatic heterocycles. The van der Waals surface area contributed by atoms with Crippen LogP contribution < -0.4 is 0 Å². The highest BCUT2D eigenvalue weighted by Crippen LogP contribution is 2.44. The van der Waals surface area contributed by atoms with E-state index in [0.717, 1.165) is 6.66 Å². The van der Waals surface area contributed by atoms with Crippen molar-refractivity contribution in [2.24, 2.45) is 0 Å². The summed E-state index contributed by atoms with van der Waals surface area (Å²) in [5.41, 5.74) is 1.29. The van der Waals surface area contributed by atoms with E-state index >= 15 is 0 Å². The number of ether oxygens (including phenoxy) is 2. The molecule has 0 radical (unpaired) electrons. The summed E-state index contributed by atoms with van der Waals surface area (Å²) in [7, 11) is -2.07. The smallest absolute Gasteiger partial charge is 0.325 e. The van der Waals surface area contributed by atoms with E-state index in [1.807, 2.05) is 0 Å². The minimum atomic E-state index is -3.61. The van der Waals surface area contributed by atoms with Crippen molar-refractivity contribution in [2.45, 2.75) is 24.9 Å². The lowest BCUT2D eigenvalue weighted by Crippen LogP contribution is -2.27. The molecule has 10 heteroatoms. The van der Waals surface area contributed by atoms with Gasteiger partial charge >= 0.3 is 7.60 Å². The molecule has 1 saturated heterocycles. The predicted octanol–water partition coefficient (Wildman–Crippen LogP) is 0.961. The summed E-state index contributed by atoms with van der Waals surface area (Å²) in [5, 5.41) is 0. The monoisotopic (exact) mass is 328 g/mol. The van der Waals surface area contributed by atoms with Gasteiger partial charge in [-0.1, -0.05) is 0 Å². The van der Waals surface area contributed by atoms with Crippen molar-refractivity contribution >= 4 is 18.8 Å². The van der Waals surface area contributed by atoms with Crippen LogP contribution in [-0.2, 0) is 18.6 Å². The van der Waals surface area contributed by atoms with Crippen molar-refractivity contribution in [3.8, 4) is 0 Å². The van der Waals surface area contributed by atoms with Crippen LogP contribution in [0.15, 0.2) is 18.9 Å². The van der Waals surface area contributed by atoms with Gasteiger partial charge in [-0.2, -0.15) is 0 Å². The van der Waals surface area contributed by atoms with Gasteiger partial charge < -0.3 is 18.9 Å². The SMILES string of the molecule is COC[C@H]1O[C@@H](n2cnc3cncnc32)CC1OP(C)(=O)O. The summed E-state index contributed by atoms with van der Waals surface area (Å²) in [6.07, 6.45) is 3.70. The van der Waals surface area contributed by atoms with Crippen LogP contribution in [0.4, 0.5) is 0 Å². The third kappa shape index (κ3) is 3.18. The second-order valence-corrected chi connectivity index (χ2v) is 6.97. The Morgan fingerprint density at radius 1 is 1.55 bits per heavy atom. The van der Waals surface area contributed by atoms with Gasteiger partial charge in [-0.05, 0) is 0 Å². The number of aromatic nitrogens is 4. The lowest BCUT2D eigenvalue weighted by Gasteiger charge is -2.19. The number of nitrogens with zero attached hydrogens (tertiary/aromatic N) is 4. The fraction of sp³-hybridized carbons (Fsp3) is 0.583. The Hall–Kier alpha value is -1.38. The summed E-state index contributed by atoms with van der Waals surface area (Å²) >= 11 is 0. The Labute approximate surface area is 126 Å². The molecule has 0 saturated carbocycles. The van der Waals surface area contributed by atoms with Crippen LogP contribution in [0.25, 0.3) is 11.2 Å². The molecule has 3 rings (SSSR count). The third-order valence-electron chi connectivity index (χ3n) is 3.39. The Morgan fingerprint density at radius 3 is 3.09 bits per heavy atom. The second kappa shape index (κ2) is 6.02. The molecule has 22 heavy (non-hydrogen) atoms. The molecule has 1 fully saturated rings. The van der Waals surface area contributed by atoms with Gasteiger partial charge in [0.2, 0.25) is 0 Å². The molecule has 9 nitrogen and oxygen atoms in total. The highest BCUT2D eigenvalue weighted by atomic mass is 31.2. The van der Waals surface area contributed by atoms with Crippen LogP contribution in [0.5, 0.6) is 0 Å². The van der Waals surface area contributed by atoms with Gasteiger partial charge in [-0.25, -0.2) is 15.0 Å². The molecule has 0 spiro atoms. The number of methoxy groups -OCH3 is 1. The molecule has 2 unspecified atom stereocenters. The first kappa shape index (κ1) is 15.5. The van der Waals surface area contributed by atoms with Crippen LogP contribution >= 0.6 is 7.60 Å². The topological polar surface area (TPSA) is 109 Å². The number of rotatable bonds is 5. The van der Waals surface area contributed by atoms with Crippen LogP contribution in [0, 0.1) is 0 Å². The van der Waals surface area contributed by atoms with E-state index < -0.39 is 26.0 Å². The average molecular weight is 328 g/mol. The summed E-state index contributed by atoms with van der Waals surface area (Å²) in [4.78, 5) is 21.8. The number of hydrogen-bond donors (Lipinski definition) is 1. The maximum atomic E-state index is 11.5. The highest BCUT2D eigenvalue weighted by Gasteiger charge is 2.40. The maximum absolute atomic E-state index is 11.5. The molecule has 0 bridgehead atoms. The van der Waals surface area contributed by atoms with Crippen LogP contribution in [-0.4, -0.2) is 57.0 Å². The third-order valence-corrected chi connectivity index (χ3v) is 4.05. The highest BCUT2D eigenvalue weighted by molar-refractivity contribution is 7.51. The number of hydrogen-bond acceptors (Lipinski definition) is 7. The van der Waals surface area contributed by atoms with E-state index in [4.69, 9.17) is 14.0 Å². The first-order valence-corrected chi connectivity index (χ1v) is 8.76. The van der Waals surface area contributed by atoms with Gasteiger partial charge in [-0.15, -0.1) is 0 Å². The molecule has 0 aliphatic carbocycles. The lowest BCUT2D eigenvalue weighted by atomic mass is 10.2. The Bertz CT molecular complexity index is 702. The second-order valence-electron chi connectivity index (χ2n) is 5.15. The minimum absolute atomic E-state index is 0.267. The zero-order valence-corrected chi connectivity index (χ0v) is 13.1. The number of fused-ring (bicyclic) bond motifs is 1. The first-order chi connectivity index (χ1) is 10.5. The molecule has 1 aliphatic rings. The summed E-state index contributed by atoms with van der Waals surface area (Å²) < 4.78 is 29.5. The standard InChI is InChI=1S/C12H17N4O5P/c1-19-5-10-9(21-22(2,17)18)3-11(20-10)16-7-15-8-4-13-6-14-12(8)16/h4,6-7,9-11H,3,5H2,1-2H3,(H,17,18)/t9?,10-,11-/m1/s1. The van der Waals surface area contributed by atoms with Gasteiger partial charge in [0.15, 0.2) is 5.65 Å². The fourth-order valence-corrected chi connectivity index (χ4v) is 3.27. The summed E-state index contributed by atoms with van der Waals surface area (Å²) in [5.74, 6) is 0. The zero-order valence-electron chi connectivity index (χ0n) is 12.2. The fourth-order valence-electron chi connectivity index (χ4n) is 2.54. The molecule has 1 N–H and O–H groups in total. The Balaban J connectivity index is 1.85. The van der Waals surface area contributed by atoms with Crippen molar-refractivity contribution < 1.29 is 23.5 Å². The largest absolute Gasteiger partial charge is 0.382 e. The van der Waals surface area contributed by atoms with Crippen LogP contribution in [0.1, 0.15) is 12.6 Å². The van der Waals surface area contributed by atoms with E-state index in [-0.39, 0.29) is 6.61 Å². The van der Waals surface area contributed by atoms with Crippen LogP contribution in [0.3, 0.4) is 0 Å². The summed E-state index contributed by atoms with van der Waals surface area (Å²) in [6, 6.07) is 0. The normalized spacial score (nSPS) is 28.0. The zero-order chi connectivity index (χ0) is 15.7. The van der Waals surface area contributed by atoms with Crippen molar-refractivity contribution in [3.05, 3.63) is 18.9 Å². The Morgan fingerprint density at radius 2 is 2.36 bits per heavy atom. The maximum Gasteiger partial charge on any atom is 0.325 e. The Kier molecular flexibility index (Phi) is 4.24. The van der Waals surface area contributed by atoms with Crippen LogP contribution in [0.2, 0.25) is 0 Å². The van der Waals surface area contributed by atoms with E-state index in [1.165, 1.54) is 13.4 Å². The molecular weight excluding hydrogens is 311 g/mol. The minimum Gasteiger partial charge on any atom is -0.382 e. The van der Waals surface area contributed by atoms with Gasteiger partial charge in [0, 0.05) is 20.2 Å². The summed E-state index contributed by atoms with van der Waals surface area (Å²) in [6.45, 7) is 1.42. The average Bonchev–Trinajstić information content (AvgIpc) is 3.02. The van der Waals surface area contributed by atoms with E-state index in [9.17, 15) is 9.46 Å². The molecule has 4 atom stereocenters. The molecule has 120 valence electrons. The van der Waals surface area contributed by atoms with Crippen molar-refractivity contribution in [3.63, 3.8) is 0 Å². The molecular formula is C12H17N4O5P. The number of imidazole rings is 1. The van der Waals surface area contributed by atoms with Crippen molar-refractivity contribution in [1.29, 1.82) is 0 Å². The van der Waals surface area contributed by atoms with Gasteiger partial charge in [0.25, 0.3) is 0 Å². The molecule has 0 amide bonds. The molecule has 2 aromatic rings. The van der Waals surface area contributed by atoms with Crippen molar-refractivity contribution in [2.75, 3.05) is 20.4 Å². The molecule has 1 aliphatic heterocycles.